The van der Waals surface area contributed by atoms with Crippen molar-refractivity contribution >= 4 is 22.4 Å². The second-order valence-electron chi connectivity index (χ2n) is 3.23. The third-order valence-corrected chi connectivity index (χ3v) is 2.56. The zero-order valence-electron chi connectivity index (χ0n) is 7.74. The molecule has 1 unspecified atom stereocenters. The number of aromatic nitrogens is 1. The Hall–Kier alpha value is -1.12. The molecule has 0 radical (unpaired) electrons. The number of halogens is 1. The van der Waals surface area contributed by atoms with Crippen LogP contribution in [0.2, 0.25) is 5.02 Å². The highest BCUT2D eigenvalue weighted by molar-refractivity contribution is 6.32. The lowest BCUT2D eigenvalue weighted by Crippen LogP contribution is -1.94. The van der Waals surface area contributed by atoms with Crippen LogP contribution in [-0.4, -0.2) is 10.1 Å². The van der Waals surface area contributed by atoms with Crippen LogP contribution in [0.25, 0.3) is 10.8 Å². The van der Waals surface area contributed by atoms with E-state index in [-0.39, 0.29) is 0 Å². The van der Waals surface area contributed by atoms with Gasteiger partial charge in [-0.15, -0.1) is 0 Å². The van der Waals surface area contributed by atoms with Crippen LogP contribution >= 0.6 is 11.6 Å². The minimum atomic E-state index is -0.561. The first-order valence-corrected chi connectivity index (χ1v) is 4.78. The third kappa shape index (κ3) is 1.47. The van der Waals surface area contributed by atoms with Gasteiger partial charge in [0.05, 0.1) is 6.10 Å². The molecule has 0 aliphatic rings. The zero-order valence-corrected chi connectivity index (χ0v) is 8.49. The molecular weight excluding hydrogens is 198 g/mol. The molecule has 2 nitrogen and oxygen atoms in total. The molecule has 3 heteroatoms. The van der Waals surface area contributed by atoms with Crippen LogP contribution in [-0.2, 0) is 0 Å². The number of fused-ring (bicyclic) bond motifs is 1. The van der Waals surface area contributed by atoms with Gasteiger partial charge >= 0.3 is 0 Å². The zero-order chi connectivity index (χ0) is 10.1. The molecule has 0 spiro atoms. The highest BCUT2D eigenvalue weighted by atomic mass is 35.5. The maximum atomic E-state index is 9.60. The predicted molar refractivity (Wildman–Crippen MR) is 57.4 cm³/mol. The third-order valence-electron chi connectivity index (χ3n) is 2.23. The second-order valence-corrected chi connectivity index (χ2v) is 3.64. The second kappa shape index (κ2) is 3.56. The average Bonchev–Trinajstić information content (AvgIpc) is 2.17. The SMILES string of the molecule is CC(O)c1c(Cl)ccc2cnccc12. The number of hydrogen-bond donors (Lipinski definition) is 1. The lowest BCUT2D eigenvalue weighted by atomic mass is 10.0. The lowest BCUT2D eigenvalue weighted by Gasteiger charge is -2.10. The highest BCUT2D eigenvalue weighted by Gasteiger charge is 2.10. The van der Waals surface area contributed by atoms with Crippen LogP contribution in [0.5, 0.6) is 0 Å². The van der Waals surface area contributed by atoms with Crippen LogP contribution in [0, 0.1) is 0 Å². The van der Waals surface area contributed by atoms with E-state index in [0.717, 1.165) is 16.3 Å². The van der Waals surface area contributed by atoms with Crippen molar-refractivity contribution in [3.63, 3.8) is 0 Å². The molecule has 14 heavy (non-hydrogen) atoms. The Morgan fingerprint density at radius 3 is 2.86 bits per heavy atom. The van der Waals surface area contributed by atoms with E-state index >= 15 is 0 Å². The highest BCUT2D eigenvalue weighted by Crippen LogP contribution is 2.30. The molecule has 0 amide bonds. The molecule has 72 valence electrons. The monoisotopic (exact) mass is 207 g/mol. The first kappa shape index (κ1) is 9.44. The Morgan fingerprint density at radius 2 is 2.14 bits per heavy atom. The van der Waals surface area contributed by atoms with Crippen molar-refractivity contribution in [3.8, 4) is 0 Å². The van der Waals surface area contributed by atoms with E-state index in [1.165, 1.54) is 0 Å². The molecule has 2 rings (SSSR count). The Labute approximate surface area is 87.2 Å². The average molecular weight is 208 g/mol. The summed E-state index contributed by atoms with van der Waals surface area (Å²) >= 11 is 6.02. The molecule has 0 saturated carbocycles. The molecule has 1 atom stereocenters. The van der Waals surface area contributed by atoms with E-state index in [0.29, 0.717) is 5.02 Å². The van der Waals surface area contributed by atoms with Gasteiger partial charge in [-0.2, -0.15) is 0 Å². The smallest absolute Gasteiger partial charge is 0.0782 e. The number of benzene rings is 1. The quantitative estimate of drug-likeness (QED) is 0.780. The van der Waals surface area contributed by atoms with Crippen molar-refractivity contribution in [2.24, 2.45) is 0 Å². The molecule has 0 saturated heterocycles. The van der Waals surface area contributed by atoms with E-state index in [4.69, 9.17) is 11.6 Å². The standard InChI is InChI=1S/C11H10ClNO/c1-7(14)11-9-4-5-13-6-8(9)2-3-10(11)12/h2-7,14H,1H3. The van der Waals surface area contributed by atoms with Gasteiger partial charge in [-0.1, -0.05) is 17.7 Å². The molecule has 0 bridgehead atoms. The van der Waals surface area contributed by atoms with E-state index in [2.05, 4.69) is 4.98 Å². The minimum absolute atomic E-state index is 0.561. The van der Waals surface area contributed by atoms with Crippen molar-refractivity contribution in [1.29, 1.82) is 0 Å². The van der Waals surface area contributed by atoms with Gasteiger partial charge in [0, 0.05) is 28.4 Å². The Morgan fingerprint density at radius 1 is 1.36 bits per heavy atom. The van der Waals surface area contributed by atoms with Gasteiger partial charge in [0.1, 0.15) is 0 Å². The topological polar surface area (TPSA) is 33.1 Å². The van der Waals surface area contributed by atoms with Gasteiger partial charge in [-0.05, 0) is 24.4 Å². The summed E-state index contributed by atoms with van der Waals surface area (Å²) in [5.74, 6) is 0. The maximum Gasteiger partial charge on any atom is 0.0782 e. The fourth-order valence-electron chi connectivity index (χ4n) is 1.59. The number of pyridine rings is 1. The molecule has 1 aromatic carbocycles. The predicted octanol–water partition coefficient (Wildman–Crippen LogP) is 2.94. The van der Waals surface area contributed by atoms with E-state index < -0.39 is 6.10 Å². The summed E-state index contributed by atoms with van der Waals surface area (Å²) in [5.41, 5.74) is 0.770. The summed E-state index contributed by atoms with van der Waals surface area (Å²) in [6.45, 7) is 1.71. The summed E-state index contributed by atoms with van der Waals surface area (Å²) in [5, 5.41) is 12.1. The van der Waals surface area contributed by atoms with E-state index in [9.17, 15) is 5.11 Å². The summed E-state index contributed by atoms with van der Waals surface area (Å²) in [7, 11) is 0. The molecule has 1 aromatic heterocycles. The molecule has 1 N–H and O–H groups in total. The van der Waals surface area contributed by atoms with E-state index in [1.54, 1.807) is 25.4 Å². The van der Waals surface area contributed by atoms with Gasteiger partial charge in [-0.25, -0.2) is 0 Å². The van der Waals surface area contributed by atoms with Gasteiger partial charge < -0.3 is 5.11 Å². The van der Waals surface area contributed by atoms with Crippen LogP contribution in [0.1, 0.15) is 18.6 Å². The van der Waals surface area contributed by atoms with Crippen molar-refractivity contribution in [3.05, 3.63) is 41.2 Å². The van der Waals surface area contributed by atoms with E-state index in [1.807, 2.05) is 12.1 Å². The van der Waals surface area contributed by atoms with Crippen LogP contribution < -0.4 is 0 Å². The van der Waals surface area contributed by atoms with Crippen LogP contribution in [0.3, 0.4) is 0 Å². The van der Waals surface area contributed by atoms with Crippen LogP contribution in [0.4, 0.5) is 0 Å². The maximum absolute atomic E-state index is 9.60. The van der Waals surface area contributed by atoms with Gasteiger partial charge in [0.2, 0.25) is 0 Å². The number of aliphatic hydroxyl groups excluding tert-OH is 1. The molecule has 0 aliphatic heterocycles. The fraction of sp³-hybridized carbons (Fsp3) is 0.182. The van der Waals surface area contributed by atoms with Gasteiger partial charge in [-0.3, -0.25) is 4.98 Å². The number of aliphatic hydroxyl groups is 1. The first-order valence-electron chi connectivity index (χ1n) is 4.40. The molecule has 1 heterocycles. The molecule has 0 aliphatic carbocycles. The van der Waals surface area contributed by atoms with Crippen molar-refractivity contribution in [2.75, 3.05) is 0 Å². The summed E-state index contributed by atoms with van der Waals surface area (Å²) in [4.78, 5) is 4.02. The summed E-state index contributed by atoms with van der Waals surface area (Å²) in [6, 6.07) is 5.55. The summed E-state index contributed by atoms with van der Waals surface area (Å²) < 4.78 is 0. The van der Waals surface area contributed by atoms with Crippen molar-refractivity contribution in [1.82, 2.24) is 4.98 Å². The first-order chi connectivity index (χ1) is 6.70. The van der Waals surface area contributed by atoms with Gasteiger partial charge in [0.25, 0.3) is 0 Å². The minimum Gasteiger partial charge on any atom is -0.389 e. The molecule has 2 aromatic rings. The Balaban J connectivity index is 2.83. The lowest BCUT2D eigenvalue weighted by molar-refractivity contribution is 0.201. The summed E-state index contributed by atoms with van der Waals surface area (Å²) in [6.07, 6.45) is 2.90. The number of rotatable bonds is 1. The fourth-order valence-corrected chi connectivity index (χ4v) is 1.91. The molecule has 0 fully saturated rings. The number of hydrogen-bond acceptors (Lipinski definition) is 2. The molecular formula is C11H10ClNO. The Bertz CT molecular complexity index is 468. The largest absolute Gasteiger partial charge is 0.389 e. The van der Waals surface area contributed by atoms with Gasteiger partial charge in [0.15, 0.2) is 0 Å². The van der Waals surface area contributed by atoms with Crippen molar-refractivity contribution < 1.29 is 5.11 Å². The normalized spacial score (nSPS) is 13.1. The Kier molecular flexibility index (Phi) is 2.40. The number of nitrogens with zero attached hydrogens (tertiary/aromatic N) is 1. The van der Waals surface area contributed by atoms with Crippen LogP contribution in [0.15, 0.2) is 30.6 Å². The van der Waals surface area contributed by atoms with Crippen molar-refractivity contribution in [2.45, 2.75) is 13.0 Å².